The Morgan fingerprint density at radius 3 is 2.67 bits per heavy atom. The second-order valence-corrected chi connectivity index (χ2v) is 7.72. The number of aromatic amines is 1. The lowest BCUT2D eigenvalue weighted by Gasteiger charge is -2.09. The van der Waals surface area contributed by atoms with Crippen LogP contribution >= 0.6 is 11.8 Å². The van der Waals surface area contributed by atoms with Gasteiger partial charge in [-0.25, -0.2) is 4.98 Å². The summed E-state index contributed by atoms with van der Waals surface area (Å²) in [5.74, 6) is -0.363. The number of carboxylic acids is 1. The Hall–Kier alpha value is -3.45. The topological polar surface area (TPSA) is 91.2 Å². The Labute approximate surface area is 178 Å². The summed E-state index contributed by atoms with van der Waals surface area (Å²) < 4.78 is 0. The van der Waals surface area contributed by atoms with Gasteiger partial charge in [0, 0.05) is 25.2 Å². The molecule has 4 aromatic rings. The van der Waals surface area contributed by atoms with Crippen molar-refractivity contribution in [3.05, 3.63) is 66.2 Å². The first-order valence-electron chi connectivity index (χ1n) is 9.43. The predicted octanol–water partition coefficient (Wildman–Crippen LogP) is 4.71. The summed E-state index contributed by atoms with van der Waals surface area (Å²) in [5.41, 5.74) is 4.20. The van der Waals surface area contributed by atoms with E-state index < -0.39 is 5.97 Å². The third-order valence-electron chi connectivity index (χ3n) is 4.65. The van der Waals surface area contributed by atoms with Crippen LogP contribution in [0.1, 0.15) is 5.56 Å². The first kappa shape index (κ1) is 19.8. The molecule has 0 aliphatic carbocycles. The van der Waals surface area contributed by atoms with Crippen molar-refractivity contribution in [1.29, 1.82) is 0 Å². The van der Waals surface area contributed by atoms with Crippen LogP contribution in [-0.4, -0.2) is 45.3 Å². The number of aliphatic imine (C=N–C) groups is 1. The average molecular weight is 417 g/mol. The van der Waals surface area contributed by atoms with E-state index in [2.05, 4.69) is 68.7 Å². The number of rotatable bonds is 7. The molecule has 2 N–H and O–H groups in total. The maximum Gasteiger partial charge on any atom is 0.313 e. The van der Waals surface area contributed by atoms with Crippen molar-refractivity contribution in [1.82, 2.24) is 15.2 Å². The summed E-state index contributed by atoms with van der Waals surface area (Å²) in [5, 5.41) is 18.7. The van der Waals surface area contributed by atoms with Crippen molar-refractivity contribution in [2.45, 2.75) is 11.6 Å². The molecule has 150 valence electrons. The van der Waals surface area contributed by atoms with Gasteiger partial charge in [0.25, 0.3) is 0 Å². The number of carbonyl (C=O) groups is 1. The number of nitrogens with zero attached hydrogens (tertiary/aromatic N) is 3. The fraction of sp³-hybridized carbons (Fsp3) is 0.130. The highest BCUT2D eigenvalue weighted by Gasteiger charge is 2.11. The number of aliphatic carboxylic acids is 1. The third kappa shape index (κ3) is 4.58. The lowest BCUT2D eigenvalue weighted by atomic mass is 9.96. The molecule has 30 heavy (non-hydrogen) atoms. The number of thioether (sulfide) groups is 1. The van der Waals surface area contributed by atoms with E-state index in [9.17, 15) is 4.79 Å². The number of H-pyrrole nitrogens is 1. The normalized spacial score (nSPS) is 11.4. The van der Waals surface area contributed by atoms with Crippen LogP contribution in [0, 0.1) is 0 Å². The van der Waals surface area contributed by atoms with Crippen LogP contribution in [0.15, 0.2) is 70.8 Å². The van der Waals surface area contributed by atoms with Gasteiger partial charge in [-0.3, -0.25) is 9.89 Å². The SMILES string of the molecule is CN=CCc1cc(-c2ccc3ccccc3c2)cc(-c2nc(SCC(=O)O)n[nH]2)c1. The summed E-state index contributed by atoms with van der Waals surface area (Å²) in [7, 11) is 1.76. The maximum atomic E-state index is 10.8. The van der Waals surface area contributed by atoms with Crippen LogP contribution in [-0.2, 0) is 11.2 Å². The molecule has 0 aliphatic rings. The maximum absolute atomic E-state index is 10.8. The quantitative estimate of drug-likeness (QED) is 0.336. The number of hydrogen-bond acceptors (Lipinski definition) is 5. The fourth-order valence-electron chi connectivity index (χ4n) is 3.25. The van der Waals surface area contributed by atoms with Gasteiger partial charge in [0.2, 0.25) is 5.16 Å². The Kier molecular flexibility index (Phi) is 5.90. The highest BCUT2D eigenvalue weighted by molar-refractivity contribution is 7.99. The van der Waals surface area contributed by atoms with E-state index >= 15 is 0 Å². The van der Waals surface area contributed by atoms with Gasteiger partial charge in [-0.05, 0) is 45.7 Å². The molecular formula is C23H20N4O2S. The summed E-state index contributed by atoms with van der Waals surface area (Å²) in [6.45, 7) is 0. The lowest BCUT2D eigenvalue weighted by molar-refractivity contribution is -0.133. The molecule has 0 saturated carbocycles. The zero-order chi connectivity index (χ0) is 20.9. The van der Waals surface area contributed by atoms with Crippen molar-refractivity contribution in [3.8, 4) is 22.5 Å². The van der Waals surface area contributed by atoms with Crippen LogP contribution < -0.4 is 0 Å². The van der Waals surface area contributed by atoms with Gasteiger partial charge >= 0.3 is 5.97 Å². The molecule has 0 fully saturated rings. The van der Waals surface area contributed by atoms with Crippen molar-refractivity contribution in [2.24, 2.45) is 4.99 Å². The Morgan fingerprint density at radius 2 is 1.87 bits per heavy atom. The van der Waals surface area contributed by atoms with Gasteiger partial charge in [-0.2, -0.15) is 0 Å². The molecule has 0 spiro atoms. The monoisotopic (exact) mass is 416 g/mol. The Morgan fingerprint density at radius 1 is 1.07 bits per heavy atom. The van der Waals surface area contributed by atoms with E-state index in [0.29, 0.717) is 17.4 Å². The van der Waals surface area contributed by atoms with Crippen molar-refractivity contribution in [3.63, 3.8) is 0 Å². The summed E-state index contributed by atoms with van der Waals surface area (Å²) in [6, 6.07) is 21.0. The van der Waals surface area contributed by atoms with Crippen LogP contribution in [0.4, 0.5) is 0 Å². The smallest absolute Gasteiger partial charge is 0.313 e. The minimum Gasteiger partial charge on any atom is -0.481 e. The Bertz CT molecular complexity index is 1230. The van der Waals surface area contributed by atoms with Crippen molar-refractivity contribution in [2.75, 3.05) is 12.8 Å². The molecule has 4 rings (SSSR count). The molecule has 0 unspecified atom stereocenters. The van der Waals surface area contributed by atoms with Gasteiger partial charge in [0.15, 0.2) is 5.82 Å². The van der Waals surface area contributed by atoms with Gasteiger partial charge in [0.1, 0.15) is 0 Å². The van der Waals surface area contributed by atoms with Gasteiger partial charge in [0.05, 0.1) is 5.75 Å². The molecular weight excluding hydrogens is 396 g/mol. The Balaban J connectivity index is 1.74. The standard InChI is InChI=1S/C23H20N4O2S/c1-24-9-8-15-10-19(18-7-6-16-4-2-3-5-17(16)12-18)13-20(11-15)22-25-23(27-26-22)30-14-21(28)29/h2-7,9-13H,8,14H2,1H3,(H,28,29)(H,25,26,27). The minimum atomic E-state index is -0.897. The minimum absolute atomic E-state index is 0.0767. The molecule has 1 heterocycles. The van der Waals surface area contributed by atoms with Gasteiger partial charge < -0.3 is 10.1 Å². The van der Waals surface area contributed by atoms with Crippen molar-refractivity contribution < 1.29 is 9.90 Å². The summed E-state index contributed by atoms with van der Waals surface area (Å²) in [6.07, 6.45) is 2.58. The highest BCUT2D eigenvalue weighted by Crippen LogP contribution is 2.30. The molecule has 7 heteroatoms. The van der Waals surface area contributed by atoms with Gasteiger partial charge in [-0.1, -0.05) is 54.2 Å². The summed E-state index contributed by atoms with van der Waals surface area (Å²) >= 11 is 1.09. The molecule has 3 aromatic carbocycles. The third-order valence-corrected chi connectivity index (χ3v) is 5.48. The molecule has 0 atom stereocenters. The van der Waals surface area contributed by atoms with E-state index in [1.54, 1.807) is 7.05 Å². The number of nitrogens with one attached hydrogen (secondary N) is 1. The molecule has 1 aromatic heterocycles. The van der Waals surface area contributed by atoms with Crippen LogP contribution in [0.5, 0.6) is 0 Å². The average Bonchev–Trinajstić information content (AvgIpc) is 3.25. The lowest BCUT2D eigenvalue weighted by Crippen LogP contribution is -1.97. The number of aromatic nitrogens is 3. The molecule has 0 aliphatic heterocycles. The fourth-order valence-corrected chi connectivity index (χ4v) is 3.76. The van der Waals surface area contributed by atoms with E-state index in [1.165, 1.54) is 10.8 Å². The van der Waals surface area contributed by atoms with Gasteiger partial charge in [-0.15, -0.1) is 5.10 Å². The largest absolute Gasteiger partial charge is 0.481 e. The van der Waals surface area contributed by atoms with E-state index in [0.717, 1.165) is 34.0 Å². The highest BCUT2D eigenvalue weighted by atomic mass is 32.2. The summed E-state index contributed by atoms with van der Waals surface area (Å²) in [4.78, 5) is 19.4. The van der Waals surface area contributed by atoms with E-state index in [-0.39, 0.29) is 5.75 Å². The molecule has 6 nitrogen and oxygen atoms in total. The van der Waals surface area contributed by atoms with E-state index in [1.807, 2.05) is 18.3 Å². The zero-order valence-electron chi connectivity index (χ0n) is 16.4. The van der Waals surface area contributed by atoms with Crippen LogP contribution in [0.2, 0.25) is 0 Å². The number of hydrogen-bond donors (Lipinski definition) is 2. The molecule has 0 radical (unpaired) electrons. The molecule has 0 saturated heterocycles. The molecule has 0 bridgehead atoms. The first-order valence-corrected chi connectivity index (χ1v) is 10.4. The number of benzene rings is 3. The predicted molar refractivity (Wildman–Crippen MR) is 121 cm³/mol. The number of carboxylic acid groups (broad SMARTS) is 1. The number of fused-ring (bicyclic) bond motifs is 1. The second-order valence-electron chi connectivity index (χ2n) is 6.77. The van der Waals surface area contributed by atoms with Crippen LogP contribution in [0.25, 0.3) is 33.3 Å². The van der Waals surface area contributed by atoms with Crippen molar-refractivity contribution >= 4 is 34.7 Å². The molecule has 0 amide bonds. The second kappa shape index (κ2) is 8.92. The zero-order valence-corrected chi connectivity index (χ0v) is 17.2. The first-order chi connectivity index (χ1) is 14.6. The van der Waals surface area contributed by atoms with E-state index in [4.69, 9.17) is 5.11 Å². The van der Waals surface area contributed by atoms with Crippen LogP contribution in [0.3, 0.4) is 0 Å².